The van der Waals surface area contributed by atoms with E-state index < -0.39 is 0 Å². The summed E-state index contributed by atoms with van der Waals surface area (Å²) in [6, 6.07) is 7.10. The molecule has 4 N–H and O–H groups in total. The van der Waals surface area contributed by atoms with Crippen LogP contribution < -0.4 is 16.2 Å². The molecule has 0 amide bonds. The minimum Gasteiger partial charge on any atom is -0.427 e. The molecule has 0 heterocycles. The van der Waals surface area contributed by atoms with Crippen molar-refractivity contribution in [3.63, 3.8) is 0 Å². The average Bonchev–Trinajstić information content (AvgIpc) is 2.18. The van der Waals surface area contributed by atoms with E-state index in [4.69, 9.17) is 16.2 Å². The third kappa shape index (κ3) is 3.69. The molecular weight excluding hydrogens is 192 g/mol. The van der Waals surface area contributed by atoms with E-state index in [2.05, 4.69) is 0 Å². The van der Waals surface area contributed by atoms with Crippen molar-refractivity contribution in [3.8, 4) is 5.75 Å². The van der Waals surface area contributed by atoms with Gasteiger partial charge < -0.3 is 16.2 Å². The predicted octanol–water partition coefficient (Wildman–Crippen LogP) is 0.960. The van der Waals surface area contributed by atoms with E-state index in [1.807, 2.05) is 12.1 Å². The molecule has 82 valence electrons. The molecule has 1 rings (SSSR count). The first kappa shape index (κ1) is 11.7. The fourth-order valence-corrected chi connectivity index (χ4v) is 1.30. The highest BCUT2D eigenvalue weighted by Gasteiger charge is 2.05. The minimum atomic E-state index is -0.325. The molecule has 0 aliphatic rings. The van der Waals surface area contributed by atoms with Crippen molar-refractivity contribution in [2.75, 3.05) is 6.54 Å². The maximum absolute atomic E-state index is 10.7. The number of hydrogen-bond donors (Lipinski definition) is 2. The van der Waals surface area contributed by atoms with Crippen LogP contribution in [0.5, 0.6) is 5.75 Å². The second kappa shape index (κ2) is 5.48. The van der Waals surface area contributed by atoms with Gasteiger partial charge in [-0.1, -0.05) is 12.1 Å². The summed E-state index contributed by atoms with van der Waals surface area (Å²) in [6.45, 7) is 1.93. The molecule has 0 radical (unpaired) electrons. The largest absolute Gasteiger partial charge is 0.427 e. The molecular formula is C11H16N2O2. The molecule has 0 aliphatic heterocycles. The van der Waals surface area contributed by atoms with Gasteiger partial charge in [0.1, 0.15) is 5.75 Å². The number of hydrogen-bond acceptors (Lipinski definition) is 4. The predicted molar refractivity (Wildman–Crippen MR) is 58.4 cm³/mol. The number of rotatable bonds is 4. The Morgan fingerprint density at radius 1 is 1.40 bits per heavy atom. The zero-order chi connectivity index (χ0) is 11.3. The van der Waals surface area contributed by atoms with Crippen LogP contribution in [-0.2, 0) is 4.79 Å². The molecule has 0 unspecified atom stereocenters. The Morgan fingerprint density at radius 2 is 2.00 bits per heavy atom. The van der Waals surface area contributed by atoms with Gasteiger partial charge in [0.25, 0.3) is 0 Å². The maximum atomic E-state index is 10.7. The SMILES string of the molecule is CC(=O)Oc1ccc([C@H](N)CCN)cc1. The van der Waals surface area contributed by atoms with E-state index in [1.165, 1.54) is 6.92 Å². The zero-order valence-corrected chi connectivity index (χ0v) is 8.77. The number of nitrogens with two attached hydrogens (primary N) is 2. The lowest BCUT2D eigenvalue weighted by Crippen LogP contribution is -2.15. The van der Waals surface area contributed by atoms with Gasteiger partial charge in [-0.25, -0.2) is 0 Å². The Morgan fingerprint density at radius 3 is 2.47 bits per heavy atom. The van der Waals surface area contributed by atoms with Crippen LogP contribution in [-0.4, -0.2) is 12.5 Å². The van der Waals surface area contributed by atoms with Crippen LogP contribution in [0.3, 0.4) is 0 Å². The number of benzene rings is 1. The first-order valence-electron chi connectivity index (χ1n) is 4.87. The van der Waals surface area contributed by atoms with Gasteiger partial charge in [0, 0.05) is 13.0 Å². The third-order valence-electron chi connectivity index (χ3n) is 2.05. The fraction of sp³-hybridized carbons (Fsp3) is 0.364. The molecule has 0 aliphatic carbocycles. The van der Waals surface area contributed by atoms with Crippen molar-refractivity contribution in [1.82, 2.24) is 0 Å². The van der Waals surface area contributed by atoms with Gasteiger partial charge in [0.2, 0.25) is 0 Å². The summed E-state index contributed by atoms with van der Waals surface area (Å²) in [4.78, 5) is 10.7. The monoisotopic (exact) mass is 208 g/mol. The van der Waals surface area contributed by atoms with Gasteiger partial charge in [-0.05, 0) is 30.7 Å². The van der Waals surface area contributed by atoms with Crippen LogP contribution in [0.25, 0.3) is 0 Å². The summed E-state index contributed by atoms with van der Waals surface area (Å²) < 4.78 is 4.90. The first-order chi connectivity index (χ1) is 7.13. The van der Waals surface area contributed by atoms with E-state index in [0.29, 0.717) is 12.3 Å². The van der Waals surface area contributed by atoms with Crippen LogP contribution in [0.15, 0.2) is 24.3 Å². The van der Waals surface area contributed by atoms with Crippen LogP contribution in [0.1, 0.15) is 24.9 Å². The van der Waals surface area contributed by atoms with Crippen molar-refractivity contribution in [2.45, 2.75) is 19.4 Å². The van der Waals surface area contributed by atoms with Crippen molar-refractivity contribution in [2.24, 2.45) is 11.5 Å². The van der Waals surface area contributed by atoms with E-state index in [-0.39, 0.29) is 12.0 Å². The summed E-state index contributed by atoms with van der Waals surface area (Å²) in [5.41, 5.74) is 12.3. The summed E-state index contributed by atoms with van der Waals surface area (Å²) in [7, 11) is 0. The van der Waals surface area contributed by atoms with Crippen molar-refractivity contribution in [1.29, 1.82) is 0 Å². The minimum absolute atomic E-state index is 0.0543. The van der Waals surface area contributed by atoms with E-state index >= 15 is 0 Å². The molecule has 0 saturated carbocycles. The van der Waals surface area contributed by atoms with Gasteiger partial charge in [-0.3, -0.25) is 4.79 Å². The zero-order valence-electron chi connectivity index (χ0n) is 8.77. The molecule has 0 aromatic heterocycles. The highest BCUT2D eigenvalue weighted by molar-refractivity contribution is 5.69. The number of esters is 1. The smallest absolute Gasteiger partial charge is 0.308 e. The molecule has 4 nitrogen and oxygen atoms in total. The van der Waals surface area contributed by atoms with Crippen LogP contribution in [0, 0.1) is 0 Å². The van der Waals surface area contributed by atoms with Crippen LogP contribution >= 0.6 is 0 Å². The summed E-state index contributed by atoms with van der Waals surface area (Å²) >= 11 is 0. The molecule has 0 fully saturated rings. The Bertz CT molecular complexity index is 322. The van der Waals surface area contributed by atoms with Gasteiger partial charge >= 0.3 is 5.97 Å². The highest BCUT2D eigenvalue weighted by atomic mass is 16.5. The molecule has 0 spiro atoms. The normalized spacial score (nSPS) is 12.2. The van der Waals surface area contributed by atoms with E-state index in [0.717, 1.165) is 12.0 Å². The number of ether oxygens (including phenoxy) is 1. The highest BCUT2D eigenvalue weighted by Crippen LogP contribution is 2.18. The Labute approximate surface area is 89.2 Å². The third-order valence-corrected chi connectivity index (χ3v) is 2.05. The molecule has 0 saturated heterocycles. The lowest BCUT2D eigenvalue weighted by atomic mass is 10.1. The summed E-state index contributed by atoms with van der Waals surface area (Å²) in [6.07, 6.45) is 0.743. The molecule has 1 aromatic rings. The van der Waals surface area contributed by atoms with Crippen molar-refractivity contribution < 1.29 is 9.53 Å². The fourth-order valence-electron chi connectivity index (χ4n) is 1.30. The number of carbonyl (C=O) groups is 1. The Hall–Kier alpha value is -1.39. The van der Waals surface area contributed by atoms with E-state index in [1.54, 1.807) is 12.1 Å². The topological polar surface area (TPSA) is 78.3 Å². The standard InChI is InChI=1S/C11H16N2O2/c1-8(14)15-10-4-2-9(3-5-10)11(13)6-7-12/h2-5,11H,6-7,12-13H2,1H3/t11-/m1/s1. The van der Waals surface area contributed by atoms with Gasteiger partial charge in [-0.2, -0.15) is 0 Å². The van der Waals surface area contributed by atoms with Crippen LogP contribution in [0.2, 0.25) is 0 Å². The summed E-state index contributed by atoms with van der Waals surface area (Å²) in [5.74, 6) is 0.209. The molecule has 1 aromatic carbocycles. The maximum Gasteiger partial charge on any atom is 0.308 e. The van der Waals surface area contributed by atoms with Gasteiger partial charge in [0.05, 0.1) is 0 Å². The van der Waals surface area contributed by atoms with Gasteiger partial charge in [0.15, 0.2) is 0 Å². The van der Waals surface area contributed by atoms with Crippen LogP contribution in [0.4, 0.5) is 0 Å². The molecule has 1 atom stereocenters. The number of carbonyl (C=O) groups excluding carboxylic acids is 1. The molecule has 0 bridgehead atoms. The lowest BCUT2D eigenvalue weighted by molar-refractivity contribution is -0.131. The first-order valence-corrected chi connectivity index (χ1v) is 4.87. The Kier molecular flexibility index (Phi) is 4.27. The van der Waals surface area contributed by atoms with Gasteiger partial charge in [-0.15, -0.1) is 0 Å². The quantitative estimate of drug-likeness (QED) is 0.570. The second-order valence-corrected chi connectivity index (χ2v) is 3.35. The van der Waals surface area contributed by atoms with Crippen molar-refractivity contribution >= 4 is 5.97 Å². The van der Waals surface area contributed by atoms with Crippen molar-refractivity contribution in [3.05, 3.63) is 29.8 Å². The lowest BCUT2D eigenvalue weighted by Gasteiger charge is -2.10. The molecule has 15 heavy (non-hydrogen) atoms. The average molecular weight is 208 g/mol. The second-order valence-electron chi connectivity index (χ2n) is 3.35. The summed E-state index contributed by atoms with van der Waals surface area (Å²) in [5, 5.41) is 0. The van der Waals surface area contributed by atoms with E-state index in [9.17, 15) is 4.79 Å². The molecule has 4 heteroatoms. The Balaban J connectivity index is 2.67.